The molecule has 0 unspecified atom stereocenters. The van der Waals surface area contributed by atoms with Crippen molar-refractivity contribution in [3.8, 4) is 0 Å². The first-order valence-corrected chi connectivity index (χ1v) is 4.15. The molecule has 0 atom stereocenters. The number of halogens is 4. The Bertz CT molecular complexity index is 260. The van der Waals surface area contributed by atoms with Gasteiger partial charge in [0.15, 0.2) is 0 Å². The highest BCUT2D eigenvalue weighted by Crippen LogP contribution is 2.39. The molecule has 0 heterocycles. The number of hydrogen-bond acceptors (Lipinski definition) is 1. The second-order valence-electron chi connectivity index (χ2n) is 2.20. The molecular formula is C8H5F4S. The second-order valence-corrected chi connectivity index (χ2v) is 3.42. The van der Waals surface area contributed by atoms with Gasteiger partial charge in [-0.15, -0.1) is 0 Å². The molecule has 71 valence electrons. The first-order chi connectivity index (χ1) is 6.02. The third-order valence-electron chi connectivity index (χ3n) is 1.19. The summed E-state index contributed by atoms with van der Waals surface area (Å²) >= 11 is -0.161. The minimum absolute atomic E-state index is 0.0767. The molecule has 1 aromatic rings. The molecule has 0 saturated heterocycles. The average molecular weight is 209 g/mol. The number of alkyl halides is 4. The first-order valence-electron chi connectivity index (χ1n) is 3.33. The van der Waals surface area contributed by atoms with Gasteiger partial charge in [-0.3, -0.25) is 0 Å². The summed E-state index contributed by atoms with van der Waals surface area (Å²) in [5.41, 5.74) is 0. The van der Waals surface area contributed by atoms with Crippen molar-refractivity contribution in [2.24, 2.45) is 0 Å². The summed E-state index contributed by atoms with van der Waals surface area (Å²) in [4.78, 5) is 0.0767. The van der Waals surface area contributed by atoms with E-state index in [2.05, 4.69) is 6.07 Å². The Kier molecular flexibility index (Phi) is 3.19. The van der Waals surface area contributed by atoms with Crippen molar-refractivity contribution in [3.63, 3.8) is 0 Å². The highest BCUT2D eigenvalue weighted by Gasteiger charge is 2.41. The van der Waals surface area contributed by atoms with Crippen molar-refractivity contribution >= 4 is 11.8 Å². The molecule has 0 aliphatic heterocycles. The fourth-order valence-electron chi connectivity index (χ4n) is 0.642. The summed E-state index contributed by atoms with van der Waals surface area (Å²) < 4.78 is 48.3. The van der Waals surface area contributed by atoms with Crippen LogP contribution < -0.4 is 0 Å². The van der Waals surface area contributed by atoms with Gasteiger partial charge in [0.05, 0.1) is 0 Å². The van der Waals surface area contributed by atoms with E-state index >= 15 is 0 Å². The van der Waals surface area contributed by atoms with Crippen molar-refractivity contribution in [1.29, 1.82) is 0 Å². The molecule has 0 saturated carbocycles. The molecule has 1 rings (SSSR count). The van der Waals surface area contributed by atoms with Crippen LogP contribution in [0.5, 0.6) is 0 Å². The van der Waals surface area contributed by atoms with Gasteiger partial charge in [0.1, 0.15) is 0 Å². The van der Waals surface area contributed by atoms with Crippen LogP contribution in [0.2, 0.25) is 0 Å². The molecular weight excluding hydrogens is 204 g/mol. The van der Waals surface area contributed by atoms with E-state index in [1.165, 1.54) is 24.3 Å². The van der Waals surface area contributed by atoms with Crippen molar-refractivity contribution in [1.82, 2.24) is 0 Å². The summed E-state index contributed by atoms with van der Waals surface area (Å²) in [5.74, 6) is 0. The lowest BCUT2D eigenvalue weighted by atomic mass is 10.4. The average Bonchev–Trinajstić information content (AvgIpc) is 2.05. The van der Waals surface area contributed by atoms with Crippen molar-refractivity contribution in [2.45, 2.75) is 16.6 Å². The van der Waals surface area contributed by atoms with Crippen LogP contribution in [0.15, 0.2) is 29.2 Å². The predicted octanol–water partition coefficient (Wildman–Crippen LogP) is 3.44. The van der Waals surface area contributed by atoms with Gasteiger partial charge in [-0.05, 0) is 30.0 Å². The van der Waals surface area contributed by atoms with Crippen LogP contribution in [0.3, 0.4) is 0 Å². The Hall–Kier alpha value is -0.710. The topological polar surface area (TPSA) is 0 Å². The predicted molar refractivity (Wildman–Crippen MR) is 42.1 cm³/mol. The maximum Gasteiger partial charge on any atom is 0.357 e. The quantitative estimate of drug-likeness (QED) is 0.542. The molecule has 0 aromatic heterocycles. The summed E-state index contributed by atoms with van der Waals surface area (Å²) in [5, 5.41) is -4.03. The Balaban J connectivity index is 2.69. The van der Waals surface area contributed by atoms with Crippen LogP contribution in [-0.2, 0) is 0 Å². The van der Waals surface area contributed by atoms with Gasteiger partial charge in [0.25, 0.3) is 0 Å². The van der Waals surface area contributed by atoms with Gasteiger partial charge in [-0.2, -0.15) is 8.78 Å². The van der Waals surface area contributed by atoms with Crippen LogP contribution in [0.1, 0.15) is 0 Å². The van der Waals surface area contributed by atoms with Crippen molar-refractivity contribution in [3.05, 3.63) is 30.3 Å². The highest BCUT2D eigenvalue weighted by molar-refractivity contribution is 8.00. The molecule has 13 heavy (non-hydrogen) atoms. The van der Waals surface area contributed by atoms with Crippen LogP contribution in [0.4, 0.5) is 17.6 Å². The number of rotatable bonds is 3. The zero-order valence-electron chi connectivity index (χ0n) is 6.31. The largest absolute Gasteiger partial charge is 0.357 e. The van der Waals surface area contributed by atoms with Gasteiger partial charge < -0.3 is 0 Å². The molecule has 1 aromatic carbocycles. The SMILES string of the molecule is FC(F)C(F)(F)Sc1c[c]ccc1. The monoisotopic (exact) mass is 209 g/mol. The normalized spacial score (nSPS) is 12.1. The zero-order chi connectivity index (χ0) is 9.90. The Labute approximate surface area is 76.9 Å². The first kappa shape index (κ1) is 10.4. The van der Waals surface area contributed by atoms with Crippen LogP contribution >= 0.6 is 11.8 Å². The molecule has 0 aliphatic rings. The minimum Gasteiger partial charge on any atom is -0.202 e. The summed E-state index contributed by atoms with van der Waals surface area (Å²) in [6.45, 7) is 0. The molecule has 5 heteroatoms. The Morgan fingerprint density at radius 1 is 1.38 bits per heavy atom. The van der Waals surface area contributed by atoms with Crippen molar-refractivity contribution < 1.29 is 17.6 Å². The Morgan fingerprint density at radius 2 is 2.08 bits per heavy atom. The number of hydrogen-bond donors (Lipinski definition) is 0. The molecule has 0 nitrogen and oxygen atoms in total. The van der Waals surface area contributed by atoms with Gasteiger partial charge in [0, 0.05) is 4.90 Å². The third kappa shape index (κ3) is 2.91. The number of thioether (sulfide) groups is 1. The molecule has 0 spiro atoms. The highest BCUT2D eigenvalue weighted by atomic mass is 32.2. The van der Waals surface area contributed by atoms with E-state index < -0.39 is 11.7 Å². The van der Waals surface area contributed by atoms with E-state index in [4.69, 9.17) is 0 Å². The standard InChI is InChI=1S/C8H5F4S/c9-7(10)8(11,12)13-6-4-2-1-3-5-6/h1-2,4-5,7H. The lowest BCUT2D eigenvalue weighted by Crippen LogP contribution is -2.21. The van der Waals surface area contributed by atoms with Gasteiger partial charge in [-0.1, -0.05) is 12.1 Å². The summed E-state index contributed by atoms with van der Waals surface area (Å²) in [6.07, 6.45) is -3.65. The van der Waals surface area contributed by atoms with E-state index in [9.17, 15) is 17.6 Å². The van der Waals surface area contributed by atoms with Crippen LogP contribution in [-0.4, -0.2) is 11.7 Å². The van der Waals surface area contributed by atoms with Gasteiger partial charge >= 0.3 is 11.7 Å². The van der Waals surface area contributed by atoms with Crippen LogP contribution in [0, 0.1) is 6.07 Å². The smallest absolute Gasteiger partial charge is 0.202 e. The second kappa shape index (κ2) is 4.00. The molecule has 1 radical (unpaired) electrons. The van der Waals surface area contributed by atoms with E-state index in [-0.39, 0.29) is 16.7 Å². The van der Waals surface area contributed by atoms with Gasteiger partial charge in [-0.25, -0.2) is 8.78 Å². The van der Waals surface area contributed by atoms with E-state index in [0.717, 1.165) is 0 Å². The molecule has 0 bridgehead atoms. The summed E-state index contributed by atoms with van der Waals surface area (Å²) in [6, 6.07) is 8.06. The fraction of sp³-hybridized carbons (Fsp3) is 0.250. The van der Waals surface area contributed by atoms with Crippen LogP contribution in [0.25, 0.3) is 0 Å². The lowest BCUT2D eigenvalue weighted by Gasteiger charge is -2.13. The van der Waals surface area contributed by atoms with E-state index in [0.29, 0.717) is 0 Å². The Morgan fingerprint density at radius 3 is 2.54 bits per heavy atom. The number of benzene rings is 1. The molecule has 0 amide bonds. The third-order valence-corrected chi connectivity index (χ3v) is 2.13. The van der Waals surface area contributed by atoms with Gasteiger partial charge in [0.2, 0.25) is 0 Å². The zero-order valence-corrected chi connectivity index (χ0v) is 7.12. The van der Waals surface area contributed by atoms with E-state index in [1.54, 1.807) is 0 Å². The fourth-order valence-corrected chi connectivity index (χ4v) is 1.32. The summed E-state index contributed by atoms with van der Waals surface area (Å²) in [7, 11) is 0. The van der Waals surface area contributed by atoms with E-state index in [1.807, 2.05) is 0 Å². The van der Waals surface area contributed by atoms with Crippen molar-refractivity contribution in [2.75, 3.05) is 0 Å². The maximum atomic E-state index is 12.4. The molecule has 0 N–H and O–H groups in total. The minimum atomic E-state index is -4.03. The molecule has 0 fully saturated rings. The lowest BCUT2D eigenvalue weighted by molar-refractivity contribution is -0.0563. The molecule has 0 aliphatic carbocycles. The maximum absolute atomic E-state index is 12.4.